The molecule has 1 aliphatic heterocycles. The normalized spacial score (nSPS) is 14.7. The minimum atomic E-state index is 0.432. The van der Waals surface area contributed by atoms with Crippen molar-refractivity contribution in [2.24, 2.45) is 0 Å². The Bertz CT molecular complexity index is 1300. The van der Waals surface area contributed by atoms with Crippen LogP contribution in [0.2, 0.25) is 0 Å². The van der Waals surface area contributed by atoms with Crippen molar-refractivity contribution in [3.8, 4) is 5.75 Å². The summed E-state index contributed by atoms with van der Waals surface area (Å²) in [4.78, 5) is 18.7. The first-order valence-electron chi connectivity index (χ1n) is 12.8. The molecule has 2 N–H and O–H groups in total. The molecule has 9 nitrogen and oxygen atoms in total. The van der Waals surface area contributed by atoms with Gasteiger partial charge < -0.3 is 24.7 Å². The molecule has 1 aromatic carbocycles. The summed E-state index contributed by atoms with van der Waals surface area (Å²) in [5, 5.41) is 1.01. The van der Waals surface area contributed by atoms with Crippen molar-refractivity contribution in [2.45, 2.75) is 32.9 Å². The highest BCUT2D eigenvalue weighted by atomic mass is 16.5. The lowest BCUT2D eigenvalue weighted by molar-refractivity contribution is 0.174. The van der Waals surface area contributed by atoms with Crippen LogP contribution in [0.5, 0.6) is 5.75 Å². The molecule has 4 heterocycles. The highest BCUT2D eigenvalue weighted by molar-refractivity contribution is 6.07. The van der Waals surface area contributed by atoms with E-state index >= 15 is 0 Å². The number of anilines is 2. The summed E-state index contributed by atoms with van der Waals surface area (Å²) in [7, 11) is 1.68. The number of aryl methyl sites for hydroxylation is 1. The van der Waals surface area contributed by atoms with Gasteiger partial charge in [0.1, 0.15) is 29.5 Å². The van der Waals surface area contributed by atoms with Crippen LogP contribution >= 0.6 is 0 Å². The first-order chi connectivity index (χ1) is 17.7. The molecule has 0 bridgehead atoms. The van der Waals surface area contributed by atoms with Crippen molar-refractivity contribution >= 4 is 33.6 Å². The van der Waals surface area contributed by atoms with Crippen LogP contribution in [0, 0.1) is 0 Å². The maximum Gasteiger partial charge on any atom is 0.152 e. The number of nitrogens with zero attached hydrogens (tertiary/aromatic N) is 6. The number of rotatable bonds is 10. The van der Waals surface area contributed by atoms with Gasteiger partial charge in [-0.15, -0.1) is 0 Å². The van der Waals surface area contributed by atoms with Gasteiger partial charge in [-0.25, -0.2) is 15.0 Å². The molecule has 0 saturated carbocycles. The zero-order valence-corrected chi connectivity index (χ0v) is 21.2. The minimum Gasteiger partial charge on any atom is -0.494 e. The summed E-state index contributed by atoms with van der Waals surface area (Å²) in [5.74, 6) is 3.22. The van der Waals surface area contributed by atoms with Gasteiger partial charge in [-0.2, -0.15) is 0 Å². The van der Waals surface area contributed by atoms with Gasteiger partial charge in [0.05, 0.1) is 17.6 Å². The molecular weight excluding hydrogens is 454 g/mol. The number of hydrogen-bond donors (Lipinski definition) is 1. The Hall–Kier alpha value is -3.43. The van der Waals surface area contributed by atoms with Crippen LogP contribution < -0.4 is 15.4 Å². The number of nitrogens with two attached hydrogens (primary N) is 1. The van der Waals surface area contributed by atoms with E-state index in [9.17, 15) is 0 Å². The van der Waals surface area contributed by atoms with Gasteiger partial charge >= 0.3 is 0 Å². The zero-order valence-electron chi connectivity index (χ0n) is 21.2. The summed E-state index contributed by atoms with van der Waals surface area (Å²) >= 11 is 0. The molecule has 1 fully saturated rings. The Kier molecular flexibility index (Phi) is 7.48. The van der Waals surface area contributed by atoms with Crippen molar-refractivity contribution in [2.75, 3.05) is 57.1 Å². The predicted octanol–water partition coefficient (Wildman–Crippen LogP) is 3.71. The number of fused-ring (bicyclic) bond motifs is 3. The Morgan fingerprint density at radius 1 is 1.03 bits per heavy atom. The molecule has 0 unspecified atom stereocenters. The second-order valence-corrected chi connectivity index (χ2v) is 9.20. The van der Waals surface area contributed by atoms with Crippen LogP contribution in [0.3, 0.4) is 0 Å². The SMILES string of the molecule is CCCn1c(COC)nc2c(N)nc3ccc(OCCCN4CCN(c5ccccn5)CC4)cc3c21. The average molecular weight is 490 g/mol. The number of nitrogen functional groups attached to an aromatic ring is 1. The minimum absolute atomic E-state index is 0.432. The fourth-order valence-corrected chi connectivity index (χ4v) is 4.95. The van der Waals surface area contributed by atoms with Gasteiger partial charge in [-0.1, -0.05) is 13.0 Å². The van der Waals surface area contributed by atoms with Crippen LogP contribution in [0.4, 0.5) is 11.6 Å². The van der Waals surface area contributed by atoms with Crippen molar-refractivity contribution in [3.05, 3.63) is 48.4 Å². The standard InChI is InChI=1S/C27H35N7O2/c1-3-11-34-24(19-35-2)31-25-26(34)21-18-20(8-9-22(21)30-27(25)28)36-17-6-12-32-13-15-33(16-14-32)23-7-4-5-10-29-23/h4-5,7-10,18H,3,6,11-17,19H2,1-2H3,(H2,28,30). The second-order valence-electron chi connectivity index (χ2n) is 9.20. The molecule has 0 amide bonds. The average Bonchev–Trinajstić information content (AvgIpc) is 3.27. The largest absolute Gasteiger partial charge is 0.494 e. The number of hydrogen-bond acceptors (Lipinski definition) is 8. The number of ether oxygens (including phenoxy) is 2. The molecule has 0 radical (unpaired) electrons. The van der Waals surface area contributed by atoms with Crippen molar-refractivity contribution in [1.29, 1.82) is 0 Å². The second kappa shape index (κ2) is 11.1. The smallest absolute Gasteiger partial charge is 0.152 e. The summed E-state index contributed by atoms with van der Waals surface area (Å²) < 4.78 is 13.8. The van der Waals surface area contributed by atoms with Crippen LogP contribution in [0.1, 0.15) is 25.6 Å². The molecule has 0 aliphatic carbocycles. The lowest BCUT2D eigenvalue weighted by Crippen LogP contribution is -2.47. The van der Waals surface area contributed by atoms with Crippen molar-refractivity contribution in [1.82, 2.24) is 24.4 Å². The van der Waals surface area contributed by atoms with E-state index < -0.39 is 0 Å². The quantitative estimate of drug-likeness (QED) is 0.337. The number of aromatic nitrogens is 4. The maximum absolute atomic E-state index is 6.28. The molecule has 0 atom stereocenters. The van der Waals surface area contributed by atoms with E-state index in [2.05, 4.69) is 43.4 Å². The molecule has 9 heteroatoms. The molecule has 36 heavy (non-hydrogen) atoms. The van der Waals surface area contributed by atoms with E-state index in [-0.39, 0.29) is 0 Å². The van der Waals surface area contributed by atoms with Gasteiger partial charge in [-0.3, -0.25) is 4.90 Å². The number of piperazine rings is 1. The summed E-state index contributed by atoms with van der Waals surface area (Å²) in [6.07, 6.45) is 3.82. The fraction of sp³-hybridized carbons (Fsp3) is 0.444. The van der Waals surface area contributed by atoms with Crippen molar-refractivity contribution in [3.63, 3.8) is 0 Å². The molecule has 5 rings (SSSR count). The van der Waals surface area contributed by atoms with Gasteiger partial charge in [0.15, 0.2) is 5.82 Å². The zero-order chi connectivity index (χ0) is 24.9. The van der Waals surface area contributed by atoms with Gasteiger partial charge in [0.2, 0.25) is 0 Å². The van der Waals surface area contributed by atoms with E-state index in [0.29, 0.717) is 19.0 Å². The Morgan fingerprint density at radius 2 is 1.89 bits per heavy atom. The van der Waals surface area contributed by atoms with Crippen LogP contribution in [-0.4, -0.2) is 70.9 Å². The summed E-state index contributed by atoms with van der Waals surface area (Å²) in [6, 6.07) is 12.1. The fourth-order valence-electron chi connectivity index (χ4n) is 4.95. The number of methoxy groups -OCH3 is 1. The van der Waals surface area contributed by atoms with E-state index in [1.807, 2.05) is 30.5 Å². The third-order valence-corrected chi connectivity index (χ3v) is 6.71. The van der Waals surface area contributed by atoms with Crippen LogP contribution in [0.15, 0.2) is 42.6 Å². The lowest BCUT2D eigenvalue weighted by Gasteiger charge is -2.35. The molecular formula is C27H35N7O2. The molecule has 3 aromatic heterocycles. The molecule has 4 aromatic rings. The third kappa shape index (κ3) is 5.08. The van der Waals surface area contributed by atoms with E-state index in [1.54, 1.807) is 7.11 Å². The van der Waals surface area contributed by atoms with Gasteiger partial charge in [0.25, 0.3) is 0 Å². The first-order valence-corrected chi connectivity index (χ1v) is 12.8. The summed E-state index contributed by atoms with van der Waals surface area (Å²) in [6.45, 7) is 9.22. The Labute approximate surface area is 211 Å². The number of benzene rings is 1. The first kappa shape index (κ1) is 24.3. The Balaban J connectivity index is 1.23. The summed E-state index contributed by atoms with van der Waals surface area (Å²) in [5.41, 5.74) is 8.85. The number of imidazole rings is 1. The van der Waals surface area contributed by atoms with Gasteiger partial charge in [-0.05, 0) is 43.2 Å². The third-order valence-electron chi connectivity index (χ3n) is 6.71. The number of pyridine rings is 2. The maximum atomic E-state index is 6.28. The molecule has 1 saturated heterocycles. The van der Waals surface area contributed by atoms with E-state index in [1.165, 1.54) is 0 Å². The molecule has 0 spiro atoms. The van der Waals surface area contributed by atoms with Crippen LogP contribution in [-0.2, 0) is 17.9 Å². The predicted molar refractivity (Wildman–Crippen MR) is 143 cm³/mol. The highest BCUT2D eigenvalue weighted by Gasteiger charge is 2.19. The Morgan fingerprint density at radius 3 is 2.64 bits per heavy atom. The van der Waals surface area contributed by atoms with Crippen LogP contribution in [0.25, 0.3) is 21.9 Å². The van der Waals surface area contributed by atoms with Gasteiger partial charge in [0, 0.05) is 58.0 Å². The molecule has 190 valence electrons. The molecule has 1 aliphatic rings. The van der Waals surface area contributed by atoms with Crippen molar-refractivity contribution < 1.29 is 9.47 Å². The van der Waals surface area contributed by atoms with E-state index in [0.717, 1.165) is 91.4 Å². The monoisotopic (exact) mass is 489 g/mol. The van der Waals surface area contributed by atoms with E-state index in [4.69, 9.17) is 20.2 Å². The topological polar surface area (TPSA) is 94.6 Å². The lowest BCUT2D eigenvalue weighted by atomic mass is 10.1. The highest BCUT2D eigenvalue weighted by Crippen LogP contribution is 2.31.